The van der Waals surface area contributed by atoms with Gasteiger partial charge in [0, 0.05) is 44.9 Å². The fourth-order valence-corrected chi connectivity index (χ4v) is 4.51. The van der Waals surface area contributed by atoms with Crippen LogP contribution in [0.25, 0.3) is 11.1 Å². The molecule has 0 saturated carbocycles. The molecule has 1 aromatic heterocycles. The Morgan fingerprint density at radius 3 is 2.59 bits per heavy atom. The zero-order chi connectivity index (χ0) is 19.6. The van der Waals surface area contributed by atoms with E-state index in [2.05, 4.69) is 9.97 Å². The Morgan fingerprint density at radius 1 is 1.26 bits per heavy atom. The number of nitrogen functional groups attached to an aromatic ring is 1. The van der Waals surface area contributed by atoms with Gasteiger partial charge in [0.25, 0.3) is 10.2 Å². The van der Waals surface area contributed by atoms with Crippen molar-refractivity contribution >= 4 is 16.2 Å². The van der Waals surface area contributed by atoms with Crippen LogP contribution in [0.1, 0.15) is 24.5 Å². The summed E-state index contributed by atoms with van der Waals surface area (Å²) in [7, 11) is 1.25. The molecule has 1 aliphatic heterocycles. The zero-order valence-corrected chi connectivity index (χ0v) is 16.6. The third-order valence-corrected chi connectivity index (χ3v) is 6.70. The standard InChI is InChI=1S/C18H25N5O3S/c1-22(2)27(24,25)23-10-4-5-14(12-23)17-16(11-20-18(19)21-17)13-6-8-15(26-3)9-7-13/h6-9,11,14H,4-5,10,12H2,1-3H3,(H2,19,20,21). The first kappa shape index (κ1) is 19.5. The van der Waals surface area contributed by atoms with Gasteiger partial charge in [0.1, 0.15) is 5.75 Å². The van der Waals surface area contributed by atoms with Crippen LogP contribution < -0.4 is 10.5 Å². The van der Waals surface area contributed by atoms with Crippen molar-refractivity contribution in [2.24, 2.45) is 0 Å². The first-order valence-corrected chi connectivity index (χ1v) is 10.2. The third-order valence-electron chi connectivity index (χ3n) is 4.80. The molecule has 146 valence electrons. The molecule has 1 aliphatic rings. The maximum Gasteiger partial charge on any atom is 0.281 e. The van der Waals surface area contributed by atoms with E-state index >= 15 is 0 Å². The van der Waals surface area contributed by atoms with Gasteiger partial charge in [-0.3, -0.25) is 0 Å². The molecule has 2 heterocycles. The highest BCUT2D eigenvalue weighted by molar-refractivity contribution is 7.86. The molecule has 0 aliphatic carbocycles. The molecule has 2 N–H and O–H groups in total. The minimum absolute atomic E-state index is 0.0455. The average molecular weight is 391 g/mol. The van der Waals surface area contributed by atoms with Crippen molar-refractivity contribution in [2.75, 3.05) is 40.0 Å². The molecule has 3 rings (SSSR count). The average Bonchev–Trinajstić information content (AvgIpc) is 2.68. The van der Waals surface area contributed by atoms with Gasteiger partial charge in [0.15, 0.2) is 0 Å². The van der Waals surface area contributed by atoms with Gasteiger partial charge in [-0.2, -0.15) is 17.0 Å². The van der Waals surface area contributed by atoms with Gasteiger partial charge < -0.3 is 10.5 Å². The maximum atomic E-state index is 12.5. The number of rotatable bonds is 5. The third kappa shape index (κ3) is 4.05. The smallest absolute Gasteiger partial charge is 0.281 e. The highest BCUT2D eigenvalue weighted by Gasteiger charge is 2.32. The van der Waals surface area contributed by atoms with Gasteiger partial charge in [0.05, 0.1) is 12.8 Å². The molecule has 1 unspecified atom stereocenters. The molecule has 8 nitrogen and oxygen atoms in total. The van der Waals surface area contributed by atoms with Crippen molar-refractivity contribution in [1.29, 1.82) is 0 Å². The summed E-state index contributed by atoms with van der Waals surface area (Å²) in [5.74, 6) is 0.906. The van der Waals surface area contributed by atoms with Crippen LogP contribution in [0.15, 0.2) is 30.5 Å². The lowest BCUT2D eigenvalue weighted by Crippen LogP contribution is -2.45. The Hall–Kier alpha value is -2.23. The summed E-state index contributed by atoms with van der Waals surface area (Å²) in [5.41, 5.74) is 8.43. The van der Waals surface area contributed by atoms with Crippen LogP contribution in [0.5, 0.6) is 5.75 Å². The lowest BCUT2D eigenvalue weighted by Gasteiger charge is -2.33. The quantitative estimate of drug-likeness (QED) is 0.833. The summed E-state index contributed by atoms with van der Waals surface area (Å²) >= 11 is 0. The highest BCUT2D eigenvalue weighted by atomic mass is 32.2. The van der Waals surface area contributed by atoms with Gasteiger partial charge >= 0.3 is 0 Å². The summed E-state index contributed by atoms with van der Waals surface area (Å²) < 4.78 is 33.0. The van der Waals surface area contributed by atoms with Crippen molar-refractivity contribution in [2.45, 2.75) is 18.8 Å². The number of benzene rings is 1. The number of methoxy groups -OCH3 is 1. The van der Waals surface area contributed by atoms with Crippen molar-refractivity contribution in [3.05, 3.63) is 36.2 Å². The van der Waals surface area contributed by atoms with Gasteiger partial charge in [-0.15, -0.1) is 0 Å². The predicted molar refractivity (Wildman–Crippen MR) is 105 cm³/mol. The monoisotopic (exact) mass is 391 g/mol. The predicted octanol–water partition coefficient (Wildman–Crippen LogP) is 1.72. The Kier molecular flexibility index (Phi) is 5.64. The van der Waals surface area contributed by atoms with Crippen molar-refractivity contribution in [3.8, 4) is 16.9 Å². The van der Waals surface area contributed by atoms with Gasteiger partial charge in [-0.25, -0.2) is 9.97 Å². The Bertz CT molecular complexity index is 900. The zero-order valence-electron chi connectivity index (χ0n) is 15.8. The molecule has 0 amide bonds. The fraction of sp³-hybridized carbons (Fsp3) is 0.444. The second-order valence-electron chi connectivity index (χ2n) is 6.74. The Morgan fingerprint density at radius 2 is 1.96 bits per heavy atom. The van der Waals surface area contributed by atoms with E-state index in [4.69, 9.17) is 10.5 Å². The van der Waals surface area contributed by atoms with E-state index in [1.165, 1.54) is 8.61 Å². The number of nitrogens with two attached hydrogens (primary N) is 1. The van der Waals surface area contributed by atoms with Crippen molar-refractivity contribution in [3.63, 3.8) is 0 Å². The van der Waals surface area contributed by atoms with Gasteiger partial charge in [0.2, 0.25) is 5.95 Å². The molecule has 1 atom stereocenters. The molecule has 27 heavy (non-hydrogen) atoms. The van der Waals surface area contributed by atoms with E-state index in [9.17, 15) is 8.42 Å². The van der Waals surface area contributed by atoms with Gasteiger partial charge in [-0.05, 0) is 30.5 Å². The molecule has 2 aromatic rings. The van der Waals surface area contributed by atoms with Crippen molar-refractivity contribution < 1.29 is 13.2 Å². The second-order valence-corrected chi connectivity index (χ2v) is 8.89. The fourth-order valence-electron chi connectivity index (χ4n) is 3.32. The molecule has 1 saturated heterocycles. The number of piperidine rings is 1. The number of ether oxygens (including phenoxy) is 1. The molecule has 1 fully saturated rings. The summed E-state index contributed by atoms with van der Waals surface area (Å²) in [4.78, 5) is 8.62. The minimum atomic E-state index is -3.46. The molecule has 9 heteroatoms. The van der Waals surface area contributed by atoms with Crippen LogP contribution >= 0.6 is 0 Å². The molecule has 0 bridgehead atoms. The normalized spacial score (nSPS) is 18.6. The van der Waals surface area contributed by atoms with E-state index in [1.807, 2.05) is 24.3 Å². The van der Waals surface area contributed by atoms with Crippen LogP contribution in [-0.2, 0) is 10.2 Å². The lowest BCUT2D eigenvalue weighted by atomic mass is 9.91. The van der Waals surface area contributed by atoms with Crippen molar-refractivity contribution in [1.82, 2.24) is 18.6 Å². The summed E-state index contributed by atoms with van der Waals surface area (Å²) in [5, 5.41) is 0. The number of hydrogen-bond acceptors (Lipinski definition) is 6. The highest BCUT2D eigenvalue weighted by Crippen LogP contribution is 2.34. The lowest BCUT2D eigenvalue weighted by molar-refractivity contribution is 0.296. The molecular formula is C18H25N5O3S. The number of hydrogen-bond donors (Lipinski definition) is 1. The van der Waals surface area contributed by atoms with Crippen LogP contribution in [0, 0.1) is 0 Å². The van der Waals surface area contributed by atoms with E-state index in [-0.39, 0.29) is 11.9 Å². The van der Waals surface area contributed by atoms with Crippen LogP contribution in [0.2, 0.25) is 0 Å². The van der Waals surface area contributed by atoms with E-state index in [0.29, 0.717) is 13.1 Å². The van der Waals surface area contributed by atoms with Crippen LogP contribution in [0.4, 0.5) is 5.95 Å². The number of anilines is 1. The van der Waals surface area contributed by atoms with Gasteiger partial charge in [-0.1, -0.05) is 12.1 Å². The summed E-state index contributed by atoms with van der Waals surface area (Å²) in [6, 6.07) is 7.63. The number of nitrogens with zero attached hydrogens (tertiary/aromatic N) is 4. The van der Waals surface area contributed by atoms with E-state index < -0.39 is 10.2 Å². The first-order chi connectivity index (χ1) is 12.8. The SMILES string of the molecule is COc1ccc(-c2cnc(N)nc2C2CCCN(S(=O)(=O)N(C)C)C2)cc1. The summed E-state index contributed by atoms with van der Waals surface area (Å²) in [6.07, 6.45) is 3.32. The first-order valence-electron chi connectivity index (χ1n) is 8.77. The Labute approximate surface area is 160 Å². The van der Waals surface area contributed by atoms with Crippen LogP contribution in [-0.4, -0.2) is 61.3 Å². The number of aromatic nitrogens is 2. The topological polar surface area (TPSA) is 102 Å². The van der Waals surface area contributed by atoms with E-state index in [1.54, 1.807) is 27.4 Å². The van der Waals surface area contributed by atoms with E-state index in [0.717, 1.165) is 35.4 Å². The molecule has 0 spiro atoms. The second kappa shape index (κ2) is 7.79. The molecule has 1 aromatic carbocycles. The molecule has 0 radical (unpaired) electrons. The largest absolute Gasteiger partial charge is 0.497 e. The Balaban J connectivity index is 1.97. The van der Waals surface area contributed by atoms with Crippen LogP contribution in [0.3, 0.4) is 0 Å². The summed E-state index contributed by atoms with van der Waals surface area (Å²) in [6.45, 7) is 0.884. The molecular weight excluding hydrogens is 366 g/mol. The minimum Gasteiger partial charge on any atom is -0.497 e. The maximum absolute atomic E-state index is 12.5.